The maximum Gasteiger partial charge on any atom is 0.165 e. The number of nitrogens with one attached hydrogen (secondary N) is 1. The first-order chi connectivity index (χ1) is 11.6. The largest absolute Gasteiger partial charge is 0.504 e. The third-order valence-electron chi connectivity index (χ3n) is 7.67. The van der Waals surface area contributed by atoms with E-state index in [-0.39, 0.29) is 23.3 Å². The molecule has 3 fully saturated rings. The molecule has 1 aromatic rings. The summed E-state index contributed by atoms with van der Waals surface area (Å²) in [6, 6.07) is 3.92. The molecule has 4 nitrogen and oxygen atoms in total. The molecule has 1 saturated heterocycles. The number of benzene rings is 1. The van der Waals surface area contributed by atoms with E-state index in [1.165, 1.54) is 24.8 Å². The SMILES string of the molecule is Oc1ccc2c3c1O[C@H]1CC(CC4CC4)C[C@@]4(O)[C@@H](C2)NCC[C@]314. The molecule has 2 saturated carbocycles. The van der Waals surface area contributed by atoms with Crippen molar-refractivity contribution in [3.05, 3.63) is 23.3 Å². The number of aliphatic hydroxyl groups is 1. The van der Waals surface area contributed by atoms with Gasteiger partial charge in [-0.25, -0.2) is 0 Å². The molecule has 5 aliphatic rings. The van der Waals surface area contributed by atoms with Crippen LogP contribution in [0.25, 0.3) is 0 Å². The normalized spacial score (nSPS) is 44.8. The second-order valence-electron chi connectivity index (χ2n) is 8.90. The van der Waals surface area contributed by atoms with Crippen LogP contribution in [0, 0.1) is 11.8 Å². The van der Waals surface area contributed by atoms with E-state index in [1.807, 2.05) is 6.07 Å². The number of ether oxygens (including phenoxy) is 1. The van der Waals surface area contributed by atoms with E-state index in [2.05, 4.69) is 5.32 Å². The van der Waals surface area contributed by atoms with Gasteiger partial charge in [0.15, 0.2) is 11.5 Å². The van der Waals surface area contributed by atoms with Crippen LogP contribution >= 0.6 is 0 Å². The fourth-order valence-corrected chi connectivity index (χ4v) is 6.58. The van der Waals surface area contributed by atoms with Crippen molar-refractivity contribution in [1.82, 2.24) is 5.32 Å². The Balaban J connectivity index is 1.54. The average Bonchev–Trinajstić information content (AvgIpc) is 3.27. The summed E-state index contributed by atoms with van der Waals surface area (Å²) in [6.07, 6.45) is 7.63. The van der Waals surface area contributed by atoms with Crippen LogP contribution in [0.2, 0.25) is 0 Å². The van der Waals surface area contributed by atoms with Crippen LogP contribution in [-0.4, -0.2) is 34.5 Å². The minimum Gasteiger partial charge on any atom is -0.504 e. The lowest BCUT2D eigenvalue weighted by molar-refractivity contribution is -0.164. The summed E-state index contributed by atoms with van der Waals surface area (Å²) in [4.78, 5) is 0. The lowest BCUT2D eigenvalue weighted by atomic mass is 9.48. The first kappa shape index (κ1) is 14.0. The summed E-state index contributed by atoms with van der Waals surface area (Å²) in [7, 11) is 0. The van der Waals surface area contributed by atoms with E-state index >= 15 is 0 Å². The summed E-state index contributed by atoms with van der Waals surface area (Å²) in [5, 5.41) is 26.0. The number of hydrogen-bond donors (Lipinski definition) is 3. The quantitative estimate of drug-likeness (QED) is 0.780. The second-order valence-corrected chi connectivity index (χ2v) is 8.90. The van der Waals surface area contributed by atoms with Crippen molar-refractivity contribution in [3.63, 3.8) is 0 Å². The molecule has 1 aromatic carbocycles. The van der Waals surface area contributed by atoms with Gasteiger partial charge in [-0.2, -0.15) is 0 Å². The van der Waals surface area contributed by atoms with Crippen LogP contribution in [0.3, 0.4) is 0 Å². The van der Waals surface area contributed by atoms with E-state index in [1.54, 1.807) is 6.07 Å². The first-order valence-electron chi connectivity index (χ1n) is 9.59. The molecule has 2 heterocycles. The highest BCUT2D eigenvalue weighted by molar-refractivity contribution is 5.62. The molecule has 0 radical (unpaired) electrons. The van der Waals surface area contributed by atoms with Crippen LogP contribution in [0.4, 0.5) is 0 Å². The molecule has 128 valence electrons. The van der Waals surface area contributed by atoms with Crippen LogP contribution in [-0.2, 0) is 11.8 Å². The summed E-state index contributed by atoms with van der Waals surface area (Å²) >= 11 is 0. The highest BCUT2D eigenvalue weighted by Gasteiger charge is 2.71. The number of phenolic OH excluding ortho intramolecular Hbond substituents is 1. The van der Waals surface area contributed by atoms with Gasteiger partial charge in [0.2, 0.25) is 0 Å². The zero-order chi connectivity index (χ0) is 16.1. The van der Waals surface area contributed by atoms with Gasteiger partial charge in [-0.1, -0.05) is 18.9 Å². The number of hydrogen-bond acceptors (Lipinski definition) is 4. The summed E-state index contributed by atoms with van der Waals surface area (Å²) in [5.74, 6) is 2.33. The van der Waals surface area contributed by atoms with E-state index in [4.69, 9.17) is 4.74 Å². The summed E-state index contributed by atoms with van der Waals surface area (Å²) < 4.78 is 6.37. The Morgan fingerprint density at radius 2 is 2.12 bits per heavy atom. The van der Waals surface area contributed by atoms with Gasteiger partial charge in [-0.05, 0) is 62.1 Å². The molecule has 1 spiro atoms. The molecule has 5 atom stereocenters. The maximum absolute atomic E-state index is 12.0. The zero-order valence-corrected chi connectivity index (χ0v) is 13.9. The minimum absolute atomic E-state index is 0.0203. The molecule has 3 N–H and O–H groups in total. The Morgan fingerprint density at radius 1 is 1.25 bits per heavy atom. The molecule has 4 heteroatoms. The molecule has 1 unspecified atom stereocenters. The van der Waals surface area contributed by atoms with Crippen molar-refractivity contribution in [1.29, 1.82) is 0 Å². The third kappa shape index (κ3) is 1.49. The van der Waals surface area contributed by atoms with Gasteiger partial charge in [0, 0.05) is 11.6 Å². The molecule has 2 bridgehead atoms. The minimum atomic E-state index is -0.736. The maximum atomic E-state index is 12.0. The smallest absolute Gasteiger partial charge is 0.165 e. The molecule has 3 aliphatic carbocycles. The van der Waals surface area contributed by atoms with Gasteiger partial charge in [0.25, 0.3) is 0 Å². The van der Waals surface area contributed by atoms with E-state index < -0.39 is 5.60 Å². The number of piperidine rings is 1. The summed E-state index contributed by atoms with van der Waals surface area (Å²) in [6.45, 7) is 0.925. The highest BCUT2D eigenvalue weighted by Crippen LogP contribution is 2.65. The molecule has 0 aromatic heterocycles. The molecule has 24 heavy (non-hydrogen) atoms. The van der Waals surface area contributed by atoms with Crippen molar-refractivity contribution in [2.75, 3.05) is 6.54 Å². The highest BCUT2D eigenvalue weighted by atomic mass is 16.5. The number of aromatic hydroxyl groups is 1. The van der Waals surface area contributed by atoms with Gasteiger partial charge in [-0.3, -0.25) is 0 Å². The molecule has 2 aliphatic heterocycles. The number of phenols is 1. The van der Waals surface area contributed by atoms with E-state index in [9.17, 15) is 10.2 Å². The van der Waals surface area contributed by atoms with Gasteiger partial charge >= 0.3 is 0 Å². The Hall–Kier alpha value is -1.26. The molecule has 6 rings (SSSR count). The van der Waals surface area contributed by atoms with Gasteiger partial charge < -0.3 is 20.3 Å². The standard InChI is InChI=1S/C20H25NO3/c22-14-4-3-13-9-15-20(23)10-12(7-11-1-2-11)8-16-19(20,5-6-21-15)17(13)18(14)24-16/h3-4,11-12,15-16,21-23H,1-2,5-10H2/t12?,15-,16+,19-,20-/m1/s1. The van der Waals surface area contributed by atoms with Crippen molar-refractivity contribution >= 4 is 0 Å². The lowest BCUT2D eigenvalue weighted by Crippen LogP contribution is -2.75. The average molecular weight is 327 g/mol. The van der Waals surface area contributed by atoms with Crippen molar-refractivity contribution in [3.8, 4) is 11.5 Å². The number of rotatable bonds is 2. The van der Waals surface area contributed by atoms with Gasteiger partial charge in [-0.15, -0.1) is 0 Å². The van der Waals surface area contributed by atoms with Crippen molar-refractivity contribution in [2.45, 2.75) is 68.1 Å². The molecular weight excluding hydrogens is 302 g/mol. The lowest BCUT2D eigenvalue weighted by Gasteiger charge is -2.61. The zero-order valence-electron chi connectivity index (χ0n) is 13.9. The van der Waals surface area contributed by atoms with E-state index in [0.29, 0.717) is 11.7 Å². The topological polar surface area (TPSA) is 61.7 Å². The fourth-order valence-electron chi connectivity index (χ4n) is 6.58. The van der Waals surface area contributed by atoms with E-state index in [0.717, 1.165) is 43.7 Å². The summed E-state index contributed by atoms with van der Waals surface area (Å²) in [5.41, 5.74) is 1.34. The van der Waals surface area contributed by atoms with Crippen LogP contribution < -0.4 is 10.1 Å². The van der Waals surface area contributed by atoms with Crippen molar-refractivity contribution < 1.29 is 14.9 Å². The van der Waals surface area contributed by atoms with Crippen LogP contribution in [0.1, 0.15) is 49.7 Å². The van der Waals surface area contributed by atoms with Crippen LogP contribution in [0.5, 0.6) is 11.5 Å². The molecular formula is C20H25NO3. The van der Waals surface area contributed by atoms with Crippen molar-refractivity contribution in [2.24, 2.45) is 11.8 Å². The Kier molecular flexibility index (Phi) is 2.49. The third-order valence-corrected chi connectivity index (χ3v) is 7.67. The Labute approximate surface area is 142 Å². The predicted octanol–water partition coefficient (Wildman–Crippen LogP) is 2.25. The van der Waals surface area contributed by atoms with Gasteiger partial charge in [0.05, 0.1) is 11.0 Å². The van der Waals surface area contributed by atoms with Crippen LogP contribution in [0.15, 0.2) is 12.1 Å². The predicted molar refractivity (Wildman–Crippen MR) is 89.3 cm³/mol. The molecule has 0 amide bonds. The fraction of sp³-hybridized carbons (Fsp3) is 0.700. The Bertz CT molecular complexity index is 730. The second kappa shape index (κ2) is 4.28. The monoisotopic (exact) mass is 327 g/mol. The van der Waals surface area contributed by atoms with Gasteiger partial charge in [0.1, 0.15) is 6.10 Å². The Morgan fingerprint density at radius 3 is 2.96 bits per heavy atom. The first-order valence-corrected chi connectivity index (χ1v) is 9.59.